The van der Waals surface area contributed by atoms with E-state index in [-0.39, 0.29) is 5.97 Å². The lowest BCUT2D eigenvalue weighted by molar-refractivity contribution is -0.142. The first-order valence-electron chi connectivity index (χ1n) is 6.23. The fourth-order valence-corrected chi connectivity index (χ4v) is 2.32. The van der Waals surface area contributed by atoms with Crippen LogP contribution in [0.15, 0.2) is 0 Å². The second-order valence-electron chi connectivity index (χ2n) is 5.10. The van der Waals surface area contributed by atoms with Gasteiger partial charge in [-0.2, -0.15) is 0 Å². The molecule has 0 aliphatic carbocycles. The van der Waals surface area contributed by atoms with Gasteiger partial charge in [0.25, 0.3) is 0 Å². The summed E-state index contributed by atoms with van der Waals surface area (Å²) in [5.41, 5.74) is 5.73. The third-order valence-electron chi connectivity index (χ3n) is 3.42. The SMILES string of the molecule is COC(=O)C(N)CN(C)CC1CCN(C)CC1. The van der Waals surface area contributed by atoms with E-state index in [1.807, 2.05) is 7.05 Å². The number of hydrogen-bond donors (Lipinski definition) is 1. The van der Waals surface area contributed by atoms with Crippen LogP contribution in [0.25, 0.3) is 0 Å². The number of rotatable bonds is 5. The van der Waals surface area contributed by atoms with Crippen molar-refractivity contribution in [2.45, 2.75) is 18.9 Å². The van der Waals surface area contributed by atoms with Crippen LogP contribution in [-0.4, -0.2) is 69.2 Å². The molecule has 0 spiro atoms. The Morgan fingerprint density at radius 3 is 2.65 bits per heavy atom. The van der Waals surface area contributed by atoms with Gasteiger partial charge in [0.15, 0.2) is 0 Å². The first-order valence-corrected chi connectivity index (χ1v) is 6.23. The molecule has 0 aromatic carbocycles. The number of methoxy groups -OCH3 is 1. The highest BCUT2D eigenvalue weighted by molar-refractivity contribution is 5.75. The zero-order valence-electron chi connectivity index (χ0n) is 11.2. The summed E-state index contributed by atoms with van der Waals surface area (Å²) in [6.45, 7) is 3.92. The molecule has 1 aliphatic heterocycles. The molecule has 0 bridgehead atoms. The monoisotopic (exact) mass is 243 g/mol. The highest BCUT2D eigenvalue weighted by atomic mass is 16.5. The number of likely N-dealkylation sites (N-methyl/N-ethyl adjacent to an activating group) is 1. The first-order chi connectivity index (χ1) is 8.02. The highest BCUT2D eigenvalue weighted by Crippen LogP contribution is 2.16. The fraction of sp³-hybridized carbons (Fsp3) is 0.917. The summed E-state index contributed by atoms with van der Waals surface area (Å²) in [5, 5.41) is 0. The van der Waals surface area contributed by atoms with Crippen LogP contribution < -0.4 is 5.73 Å². The fourth-order valence-electron chi connectivity index (χ4n) is 2.32. The minimum atomic E-state index is -0.531. The van der Waals surface area contributed by atoms with Gasteiger partial charge in [-0.15, -0.1) is 0 Å². The third kappa shape index (κ3) is 5.02. The quantitative estimate of drug-likeness (QED) is 0.675. The average Bonchev–Trinajstić information content (AvgIpc) is 2.30. The number of nitrogens with two attached hydrogens (primary N) is 1. The van der Waals surface area contributed by atoms with Gasteiger partial charge < -0.3 is 20.3 Å². The number of nitrogens with zero attached hydrogens (tertiary/aromatic N) is 2. The number of likely N-dealkylation sites (tertiary alicyclic amines) is 1. The van der Waals surface area contributed by atoms with E-state index in [2.05, 4.69) is 21.6 Å². The van der Waals surface area contributed by atoms with Crippen LogP contribution in [0, 0.1) is 5.92 Å². The van der Waals surface area contributed by atoms with E-state index in [1.165, 1.54) is 33.0 Å². The molecule has 0 aromatic heterocycles. The van der Waals surface area contributed by atoms with Crippen LogP contribution in [0.4, 0.5) is 0 Å². The maximum absolute atomic E-state index is 11.2. The second kappa shape index (κ2) is 6.93. The summed E-state index contributed by atoms with van der Waals surface area (Å²) in [6, 6.07) is -0.531. The van der Waals surface area contributed by atoms with Crippen molar-refractivity contribution in [2.24, 2.45) is 11.7 Å². The molecule has 1 aliphatic rings. The Morgan fingerprint density at radius 2 is 2.12 bits per heavy atom. The van der Waals surface area contributed by atoms with E-state index in [1.54, 1.807) is 0 Å². The third-order valence-corrected chi connectivity index (χ3v) is 3.42. The highest BCUT2D eigenvalue weighted by Gasteiger charge is 2.21. The van der Waals surface area contributed by atoms with Crippen molar-refractivity contribution >= 4 is 5.97 Å². The molecule has 1 rings (SSSR count). The normalized spacial score (nSPS) is 20.5. The molecule has 0 aromatic rings. The van der Waals surface area contributed by atoms with E-state index in [0.29, 0.717) is 6.54 Å². The van der Waals surface area contributed by atoms with Gasteiger partial charge in [0.1, 0.15) is 6.04 Å². The Morgan fingerprint density at radius 1 is 1.53 bits per heavy atom. The summed E-state index contributed by atoms with van der Waals surface area (Å²) in [5.74, 6) is 0.390. The summed E-state index contributed by atoms with van der Waals surface area (Å²) < 4.78 is 4.62. The molecule has 0 saturated carbocycles. The summed E-state index contributed by atoms with van der Waals surface area (Å²) in [4.78, 5) is 15.7. The number of piperidine rings is 1. The van der Waals surface area contributed by atoms with Gasteiger partial charge in [-0.3, -0.25) is 4.79 Å². The summed E-state index contributed by atoms with van der Waals surface area (Å²) in [7, 11) is 5.55. The molecule has 5 heteroatoms. The van der Waals surface area contributed by atoms with E-state index in [4.69, 9.17) is 5.73 Å². The molecular weight excluding hydrogens is 218 g/mol. The average molecular weight is 243 g/mol. The Bertz CT molecular complexity index is 240. The van der Waals surface area contributed by atoms with Crippen molar-refractivity contribution in [2.75, 3.05) is 47.4 Å². The van der Waals surface area contributed by atoms with Crippen LogP contribution >= 0.6 is 0 Å². The van der Waals surface area contributed by atoms with Crippen molar-refractivity contribution < 1.29 is 9.53 Å². The van der Waals surface area contributed by atoms with Crippen molar-refractivity contribution in [3.63, 3.8) is 0 Å². The minimum Gasteiger partial charge on any atom is -0.468 e. The second-order valence-corrected chi connectivity index (χ2v) is 5.10. The zero-order valence-corrected chi connectivity index (χ0v) is 11.2. The molecule has 0 radical (unpaired) electrons. The van der Waals surface area contributed by atoms with Crippen LogP contribution in [0.3, 0.4) is 0 Å². The molecule has 2 N–H and O–H groups in total. The molecule has 1 heterocycles. The molecular formula is C12H25N3O2. The van der Waals surface area contributed by atoms with Crippen molar-refractivity contribution in [3.8, 4) is 0 Å². The topological polar surface area (TPSA) is 58.8 Å². The number of carbonyl (C=O) groups is 1. The zero-order chi connectivity index (χ0) is 12.8. The predicted octanol–water partition coefficient (Wildman–Crippen LogP) is -0.240. The number of ether oxygens (including phenoxy) is 1. The predicted molar refractivity (Wildman–Crippen MR) is 67.7 cm³/mol. The largest absolute Gasteiger partial charge is 0.468 e. The van der Waals surface area contributed by atoms with E-state index >= 15 is 0 Å². The molecule has 1 atom stereocenters. The molecule has 1 unspecified atom stereocenters. The minimum absolute atomic E-state index is 0.333. The Balaban J connectivity index is 2.24. The molecule has 5 nitrogen and oxygen atoms in total. The number of hydrogen-bond acceptors (Lipinski definition) is 5. The van der Waals surface area contributed by atoms with Gasteiger partial charge in [0, 0.05) is 13.1 Å². The Kier molecular flexibility index (Phi) is 5.88. The Labute approximate surface area is 104 Å². The lowest BCUT2D eigenvalue weighted by Gasteiger charge is -2.32. The molecule has 100 valence electrons. The summed E-state index contributed by atoms with van der Waals surface area (Å²) in [6.07, 6.45) is 2.46. The van der Waals surface area contributed by atoms with E-state index < -0.39 is 6.04 Å². The molecule has 1 saturated heterocycles. The van der Waals surface area contributed by atoms with E-state index in [0.717, 1.165) is 12.5 Å². The van der Waals surface area contributed by atoms with Crippen LogP contribution in [0.5, 0.6) is 0 Å². The number of esters is 1. The summed E-state index contributed by atoms with van der Waals surface area (Å²) >= 11 is 0. The van der Waals surface area contributed by atoms with Gasteiger partial charge >= 0.3 is 5.97 Å². The molecule has 1 fully saturated rings. The van der Waals surface area contributed by atoms with Gasteiger partial charge in [0.2, 0.25) is 0 Å². The van der Waals surface area contributed by atoms with Crippen molar-refractivity contribution in [1.82, 2.24) is 9.80 Å². The molecule has 17 heavy (non-hydrogen) atoms. The van der Waals surface area contributed by atoms with Crippen LogP contribution in [-0.2, 0) is 9.53 Å². The van der Waals surface area contributed by atoms with Gasteiger partial charge in [-0.05, 0) is 45.9 Å². The first kappa shape index (κ1) is 14.4. The van der Waals surface area contributed by atoms with E-state index in [9.17, 15) is 4.79 Å². The van der Waals surface area contributed by atoms with Gasteiger partial charge in [-0.1, -0.05) is 0 Å². The van der Waals surface area contributed by atoms with Crippen LogP contribution in [0.2, 0.25) is 0 Å². The van der Waals surface area contributed by atoms with Gasteiger partial charge in [0.05, 0.1) is 7.11 Å². The van der Waals surface area contributed by atoms with Crippen molar-refractivity contribution in [3.05, 3.63) is 0 Å². The maximum Gasteiger partial charge on any atom is 0.323 e. The van der Waals surface area contributed by atoms with Crippen molar-refractivity contribution in [1.29, 1.82) is 0 Å². The Hall–Kier alpha value is -0.650. The van der Waals surface area contributed by atoms with Gasteiger partial charge in [-0.25, -0.2) is 0 Å². The lowest BCUT2D eigenvalue weighted by atomic mass is 9.96. The molecule has 0 amide bonds. The lowest BCUT2D eigenvalue weighted by Crippen LogP contribution is -2.44. The maximum atomic E-state index is 11.2. The van der Waals surface area contributed by atoms with Crippen LogP contribution in [0.1, 0.15) is 12.8 Å². The number of carbonyl (C=O) groups excluding carboxylic acids is 1. The standard InChI is InChI=1S/C12H25N3O2/c1-14-6-4-10(5-7-14)8-15(2)9-11(13)12(16)17-3/h10-11H,4-9,13H2,1-3H3. The smallest absolute Gasteiger partial charge is 0.323 e.